The number of nitrogens with zero attached hydrogens (tertiary/aromatic N) is 1. The van der Waals surface area contributed by atoms with Crippen LogP contribution in [0.25, 0.3) is 0 Å². The van der Waals surface area contributed by atoms with Crippen molar-refractivity contribution in [1.29, 1.82) is 0 Å². The summed E-state index contributed by atoms with van der Waals surface area (Å²) in [6, 6.07) is 21.7. The molecule has 0 amide bonds. The molecule has 152 valence electrons. The molecule has 0 aliphatic heterocycles. The summed E-state index contributed by atoms with van der Waals surface area (Å²) in [5.41, 5.74) is 7.77. The van der Waals surface area contributed by atoms with Gasteiger partial charge in [0.05, 0.1) is 6.04 Å². The fourth-order valence-electron chi connectivity index (χ4n) is 3.93. The second kappa shape index (κ2) is 10.1. The highest BCUT2D eigenvalue weighted by atomic mass is 19.3. The Hall–Kier alpha value is -1.78. The lowest BCUT2D eigenvalue weighted by molar-refractivity contribution is -0.0921. The fourth-order valence-corrected chi connectivity index (χ4v) is 3.93. The van der Waals surface area contributed by atoms with Gasteiger partial charge in [0.2, 0.25) is 0 Å². The van der Waals surface area contributed by atoms with Crippen molar-refractivity contribution >= 4 is 0 Å². The highest BCUT2D eigenvalue weighted by Gasteiger charge is 2.45. The highest BCUT2D eigenvalue weighted by molar-refractivity contribution is 5.17. The number of hydrogen-bond acceptors (Lipinski definition) is 2. The van der Waals surface area contributed by atoms with Crippen LogP contribution in [0.15, 0.2) is 60.7 Å². The molecule has 2 fully saturated rings. The molecule has 0 saturated heterocycles. The van der Waals surface area contributed by atoms with Crippen molar-refractivity contribution in [1.82, 2.24) is 4.90 Å². The molecule has 28 heavy (non-hydrogen) atoms. The van der Waals surface area contributed by atoms with Gasteiger partial charge in [-0.05, 0) is 30.4 Å². The van der Waals surface area contributed by atoms with E-state index < -0.39 is 12.0 Å². The maximum atomic E-state index is 11.8. The van der Waals surface area contributed by atoms with Crippen molar-refractivity contribution in [3.8, 4) is 0 Å². The molecule has 1 atom stereocenters. The summed E-state index contributed by atoms with van der Waals surface area (Å²) in [6.45, 7) is 2.14. The number of hydrogen-bond donors (Lipinski definition) is 1. The van der Waals surface area contributed by atoms with Gasteiger partial charge in [0.25, 0.3) is 5.92 Å². The second-order valence-corrected chi connectivity index (χ2v) is 8.07. The van der Waals surface area contributed by atoms with Crippen LogP contribution >= 0.6 is 0 Å². The van der Waals surface area contributed by atoms with Crippen LogP contribution in [-0.4, -0.2) is 22.9 Å². The summed E-state index contributed by atoms with van der Waals surface area (Å²) in [6.07, 6.45) is 7.39. The summed E-state index contributed by atoms with van der Waals surface area (Å²) < 4.78 is 23.6. The molecule has 2 nitrogen and oxygen atoms in total. The Morgan fingerprint density at radius 3 is 1.61 bits per heavy atom. The molecule has 2 aromatic carbocycles. The molecule has 2 N–H and O–H groups in total. The molecule has 0 bridgehead atoms. The zero-order valence-corrected chi connectivity index (χ0v) is 16.6. The highest BCUT2D eigenvalue weighted by Crippen LogP contribution is 2.35. The van der Waals surface area contributed by atoms with E-state index in [2.05, 4.69) is 65.6 Å². The Bertz CT molecular complexity index is 643. The van der Waals surface area contributed by atoms with Crippen LogP contribution in [0.5, 0.6) is 0 Å². The number of alkyl halides is 2. The predicted octanol–water partition coefficient (Wildman–Crippen LogP) is 5.76. The van der Waals surface area contributed by atoms with Gasteiger partial charge in [0.15, 0.2) is 0 Å². The van der Waals surface area contributed by atoms with E-state index in [1.54, 1.807) is 0 Å². The average Bonchev–Trinajstić information content (AvgIpc) is 2.75. The molecule has 2 saturated carbocycles. The molecule has 2 aliphatic rings. The summed E-state index contributed by atoms with van der Waals surface area (Å²) >= 11 is 0. The van der Waals surface area contributed by atoms with Gasteiger partial charge in [-0.2, -0.15) is 0 Å². The van der Waals surface area contributed by atoms with E-state index in [0.717, 1.165) is 19.1 Å². The summed E-state index contributed by atoms with van der Waals surface area (Å²) in [4.78, 5) is 2.68. The Balaban J connectivity index is 0.000000271. The molecule has 1 unspecified atom stereocenters. The van der Waals surface area contributed by atoms with Gasteiger partial charge in [-0.1, -0.05) is 79.9 Å². The fraction of sp³-hybridized carbons (Fsp3) is 0.500. The van der Waals surface area contributed by atoms with Crippen LogP contribution in [0.4, 0.5) is 8.78 Å². The third-order valence-corrected chi connectivity index (χ3v) is 5.88. The Labute approximate surface area is 167 Å². The molecule has 0 heterocycles. The number of nitrogens with two attached hydrogens (primary N) is 1. The SMILES string of the molecule is NC1CCC1(F)F.c1ccc(CN(Cc2ccccc2)C2CCCCC2)cc1. The van der Waals surface area contributed by atoms with Crippen molar-refractivity contribution in [3.05, 3.63) is 71.8 Å². The third-order valence-electron chi connectivity index (χ3n) is 5.88. The lowest BCUT2D eigenvalue weighted by Crippen LogP contribution is -2.49. The van der Waals surface area contributed by atoms with Crippen molar-refractivity contribution in [3.63, 3.8) is 0 Å². The standard InChI is InChI=1S/C20H25N.C4H7F2N/c1-4-10-18(11-5-1)16-21(20-14-8-3-9-15-20)17-19-12-6-2-7-13-19;5-4(6)2-1-3(4)7/h1-2,4-7,10-13,20H,3,8-9,14-17H2;3H,1-2,7H2. The Morgan fingerprint density at radius 1 is 0.786 bits per heavy atom. The first-order chi connectivity index (χ1) is 13.5. The number of benzene rings is 2. The zero-order chi connectivity index (χ0) is 19.8. The maximum Gasteiger partial charge on any atom is 0.262 e. The van der Waals surface area contributed by atoms with E-state index in [-0.39, 0.29) is 6.42 Å². The van der Waals surface area contributed by atoms with E-state index in [1.807, 2.05) is 0 Å². The van der Waals surface area contributed by atoms with Crippen molar-refractivity contribution in [2.45, 2.75) is 76.0 Å². The molecular formula is C24H32F2N2. The quantitative estimate of drug-likeness (QED) is 0.707. The first-order valence-electron chi connectivity index (χ1n) is 10.5. The lowest BCUT2D eigenvalue weighted by Gasteiger charge is -2.34. The molecule has 2 aromatic rings. The van der Waals surface area contributed by atoms with Crippen molar-refractivity contribution in [2.75, 3.05) is 0 Å². The van der Waals surface area contributed by atoms with Crippen LogP contribution in [0.1, 0.15) is 56.1 Å². The van der Waals surface area contributed by atoms with Gasteiger partial charge >= 0.3 is 0 Å². The molecule has 4 heteroatoms. The van der Waals surface area contributed by atoms with Crippen LogP contribution in [-0.2, 0) is 13.1 Å². The first kappa shape index (κ1) is 20.9. The lowest BCUT2D eigenvalue weighted by atomic mass is 9.89. The minimum absolute atomic E-state index is 0.0197. The summed E-state index contributed by atoms with van der Waals surface area (Å²) in [5.74, 6) is -2.54. The van der Waals surface area contributed by atoms with Crippen molar-refractivity contribution in [2.24, 2.45) is 5.73 Å². The van der Waals surface area contributed by atoms with Gasteiger partial charge in [-0.25, -0.2) is 8.78 Å². The monoisotopic (exact) mass is 386 g/mol. The van der Waals surface area contributed by atoms with E-state index in [4.69, 9.17) is 5.73 Å². The molecule has 0 aromatic heterocycles. The Kier molecular flexibility index (Phi) is 7.57. The molecular weight excluding hydrogens is 354 g/mol. The van der Waals surface area contributed by atoms with E-state index in [9.17, 15) is 8.78 Å². The summed E-state index contributed by atoms with van der Waals surface area (Å²) in [5, 5.41) is 0. The average molecular weight is 387 g/mol. The van der Waals surface area contributed by atoms with Crippen LogP contribution < -0.4 is 5.73 Å². The molecule has 4 rings (SSSR count). The molecule has 0 spiro atoms. The van der Waals surface area contributed by atoms with E-state index in [0.29, 0.717) is 6.42 Å². The summed E-state index contributed by atoms with van der Waals surface area (Å²) in [7, 11) is 0. The van der Waals surface area contributed by atoms with Gasteiger partial charge in [-0.15, -0.1) is 0 Å². The van der Waals surface area contributed by atoms with Gasteiger partial charge < -0.3 is 5.73 Å². The Morgan fingerprint density at radius 2 is 1.25 bits per heavy atom. The topological polar surface area (TPSA) is 29.3 Å². The molecule has 2 aliphatic carbocycles. The van der Waals surface area contributed by atoms with Crippen molar-refractivity contribution < 1.29 is 8.78 Å². The van der Waals surface area contributed by atoms with Crippen LogP contribution in [0.2, 0.25) is 0 Å². The zero-order valence-electron chi connectivity index (χ0n) is 16.6. The largest absolute Gasteiger partial charge is 0.323 e. The second-order valence-electron chi connectivity index (χ2n) is 8.07. The van der Waals surface area contributed by atoms with Gasteiger partial charge in [0, 0.05) is 25.6 Å². The number of rotatable bonds is 5. The van der Waals surface area contributed by atoms with Crippen LogP contribution in [0, 0.1) is 0 Å². The van der Waals surface area contributed by atoms with Gasteiger partial charge in [0.1, 0.15) is 0 Å². The molecule has 0 radical (unpaired) electrons. The predicted molar refractivity (Wildman–Crippen MR) is 111 cm³/mol. The normalized spacial score (nSPS) is 21.5. The first-order valence-corrected chi connectivity index (χ1v) is 10.5. The van der Waals surface area contributed by atoms with Gasteiger partial charge in [-0.3, -0.25) is 4.90 Å². The van der Waals surface area contributed by atoms with Crippen LogP contribution in [0.3, 0.4) is 0 Å². The minimum atomic E-state index is -2.54. The smallest absolute Gasteiger partial charge is 0.262 e. The maximum absolute atomic E-state index is 11.8. The number of halogens is 2. The van der Waals surface area contributed by atoms with E-state index in [1.165, 1.54) is 43.2 Å². The minimum Gasteiger partial charge on any atom is -0.323 e. The third kappa shape index (κ3) is 6.11. The van der Waals surface area contributed by atoms with E-state index >= 15 is 0 Å².